The molecule has 4 nitrogen and oxygen atoms in total. The van der Waals surface area contributed by atoms with Crippen molar-refractivity contribution in [2.75, 3.05) is 0 Å². The maximum atomic E-state index is 12.2. The number of hydrogen-bond acceptors (Lipinski definition) is 2. The zero-order valence-corrected chi connectivity index (χ0v) is 12.4. The van der Waals surface area contributed by atoms with Crippen LogP contribution in [0.2, 0.25) is 0 Å². The number of carbonyl (C=O) groups is 1. The SMILES string of the molecule is NC(=S)C1(NC(=O)NC2CCCC2)CCCCCC1. The number of urea groups is 1. The predicted molar refractivity (Wildman–Crippen MR) is 81.1 cm³/mol. The van der Waals surface area contributed by atoms with Crippen molar-refractivity contribution in [3.63, 3.8) is 0 Å². The molecule has 0 spiro atoms. The van der Waals surface area contributed by atoms with E-state index in [0.717, 1.165) is 38.5 Å². The Balaban J connectivity index is 1.94. The van der Waals surface area contributed by atoms with Crippen LogP contribution in [0.1, 0.15) is 64.2 Å². The molecule has 0 aromatic carbocycles. The Bertz CT molecular complexity index is 332. The molecule has 4 N–H and O–H groups in total. The zero-order chi connectivity index (χ0) is 13.7. The smallest absolute Gasteiger partial charge is 0.315 e. The molecule has 108 valence electrons. The third kappa shape index (κ3) is 3.81. The van der Waals surface area contributed by atoms with Gasteiger partial charge in [0, 0.05) is 6.04 Å². The first-order chi connectivity index (χ1) is 9.12. The van der Waals surface area contributed by atoms with E-state index in [-0.39, 0.29) is 6.03 Å². The highest BCUT2D eigenvalue weighted by atomic mass is 32.1. The third-order valence-electron chi connectivity index (χ3n) is 4.47. The molecule has 0 aromatic rings. The monoisotopic (exact) mass is 283 g/mol. The van der Waals surface area contributed by atoms with Crippen molar-refractivity contribution in [3.8, 4) is 0 Å². The fourth-order valence-corrected chi connectivity index (χ4v) is 3.53. The Morgan fingerprint density at radius 3 is 2.16 bits per heavy atom. The van der Waals surface area contributed by atoms with Crippen LogP contribution in [0.4, 0.5) is 4.79 Å². The summed E-state index contributed by atoms with van der Waals surface area (Å²) in [6.45, 7) is 0. The maximum Gasteiger partial charge on any atom is 0.315 e. The van der Waals surface area contributed by atoms with E-state index in [1.807, 2.05) is 0 Å². The van der Waals surface area contributed by atoms with E-state index in [1.165, 1.54) is 25.7 Å². The van der Waals surface area contributed by atoms with E-state index in [0.29, 0.717) is 11.0 Å². The van der Waals surface area contributed by atoms with Crippen LogP contribution in [0.5, 0.6) is 0 Å². The summed E-state index contributed by atoms with van der Waals surface area (Å²) in [6, 6.07) is 0.232. The van der Waals surface area contributed by atoms with Crippen molar-refractivity contribution >= 4 is 23.2 Å². The Kier molecular flexibility index (Phi) is 5.02. The molecule has 0 aromatic heterocycles. The molecule has 2 rings (SSSR count). The minimum absolute atomic E-state index is 0.0957. The minimum Gasteiger partial charge on any atom is -0.391 e. The lowest BCUT2D eigenvalue weighted by atomic mass is 9.90. The normalized spacial score (nSPS) is 23.6. The molecule has 2 fully saturated rings. The van der Waals surface area contributed by atoms with Crippen LogP contribution < -0.4 is 16.4 Å². The van der Waals surface area contributed by atoms with Gasteiger partial charge in [0.1, 0.15) is 0 Å². The molecule has 0 bridgehead atoms. The van der Waals surface area contributed by atoms with E-state index < -0.39 is 5.54 Å². The summed E-state index contributed by atoms with van der Waals surface area (Å²) in [7, 11) is 0. The standard InChI is InChI=1S/C14H25N3OS/c15-12(19)14(9-5-1-2-6-10-14)17-13(18)16-11-7-3-4-8-11/h11H,1-10H2,(H2,15,19)(H2,16,17,18). The molecular weight excluding hydrogens is 258 g/mol. The van der Waals surface area contributed by atoms with Gasteiger partial charge in [-0.15, -0.1) is 0 Å². The van der Waals surface area contributed by atoms with Crippen LogP contribution in [0.25, 0.3) is 0 Å². The molecule has 0 unspecified atom stereocenters. The van der Waals surface area contributed by atoms with Crippen molar-refractivity contribution in [3.05, 3.63) is 0 Å². The van der Waals surface area contributed by atoms with Gasteiger partial charge in [0.25, 0.3) is 0 Å². The first-order valence-electron chi connectivity index (χ1n) is 7.51. The van der Waals surface area contributed by atoms with Crippen molar-refractivity contribution in [1.29, 1.82) is 0 Å². The van der Waals surface area contributed by atoms with Crippen molar-refractivity contribution < 1.29 is 4.79 Å². The van der Waals surface area contributed by atoms with Gasteiger partial charge in [-0.25, -0.2) is 4.79 Å². The Morgan fingerprint density at radius 2 is 1.63 bits per heavy atom. The Morgan fingerprint density at radius 1 is 1.05 bits per heavy atom. The topological polar surface area (TPSA) is 67.1 Å². The maximum absolute atomic E-state index is 12.2. The number of nitrogens with one attached hydrogen (secondary N) is 2. The first-order valence-corrected chi connectivity index (χ1v) is 7.92. The van der Waals surface area contributed by atoms with Gasteiger partial charge in [0.2, 0.25) is 0 Å². The highest BCUT2D eigenvalue weighted by Crippen LogP contribution is 2.27. The summed E-state index contributed by atoms with van der Waals surface area (Å²) in [5.74, 6) is 0. The van der Waals surface area contributed by atoms with Gasteiger partial charge in [-0.2, -0.15) is 0 Å². The lowest BCUT2D eigenvalue weighted by molar-refractivity contribution is 0.226. The molecular formula is C14H25N3OS. The molecule has 2 aliphatic rings. The van der Waals surface area contributed by atoms with Crippen molar-refractivity contribution in [1.82, 2.24) is 10.6 Å². The summed E-state index contributed by atoms with van der Waals surface area (Å²) in [5, 5.41) is 6.14. The Labute approximate surface area is 120 Å². The second-order valence-corrected chi connectivity index (χ2v) is 6.38. The average molecular weight is 283 g/mol. The van der Waals surface area contributed by atoms with Crippen LogP contribution in [-0.2, 0) is 0 Å². The van der Waals surface area contributed by atoms with Crippen molar-refractivity contribution in [2.45, 2.75) is 75.8 Å². The summed E-state index contributed by atoms with van der Waals surface area (Å²) in [5.41, 5.74) is 5.45. The van der Waals surface area contributed by atoms with Crippen LogP contribution in [0.3, 0.4) is 0 Å². The molecule has 0 aliphatic heterocycles. The highest BCUT2D eigenvalue weighted by Gasteiger charge is 2.36. The lowest BCUT2D eigenvalue weighted by Gasteiger charge is -2.33. The average Bonchev–Trinajstić information content (AvgIpc) is 2.73. The zero-order valence-electron chi connectivity index (χ0n) is 11.5. The first kappa shape index (κ1) is 14.6. The number of nitrogens with two attached hydrogens (primary N) is 1. The predicted octanol–water partition coefficient (Wildman–Crippen LogP) is 2.61. The fourth-order valence-electron chi connectivity index (χ4n) is 3.27. The van der Waals surface area contributed by atoms with Gasteiger partial charge in [-0.1, -0.05) is 50.7 Å². The van der Waals surface area contributed by atoms with E-state index in [2.05, 4.69) is 10.6 Å². The highest BCUT2D eigenvalue weighted by molar-refractivity contribution is 7.80. The van der Waals surface area contributed by atoms with E-state index in [1.54, 1.807) is 0 Å². The fraction of sp³-hybridized carbons (Fsp3) is 0.857. The summed E-state index contributed by atoms with van der Waals surface area (Å²) < 4.78 is 0. The molecule has 2 amide bonds. The Hall–Kier alpha value is -0.840. The van der Waals surface area contributed by atoms with E-state index in [9.17, 15) is 4.79 Å². The molecule has 19 heavy (non-hydrogen) atoms. The van der Waals surface area contributed by atoms with Crippen molar-refractivity contribution in [2.24, 2.45) is 5.73 Å². The second kappa shape index (κ2) is 6.55. The molecule has 0 radical (unpaired) electrons. The molecule has 5 heteroatoms. The molecule has 0 heterocycles. The van der Waals surface area contributed by atoms with Gasteiger partial charge in [0.05, 0.1) is 10.5 Å². The van der Waals surface area contributed by atoms with E-state index in [4.69, 9.17) is 18.0 Å². The van der Waals surface area contributed by atoms with Crippen LogP contribution in [0.15, 0.2) is 0 Å². The number of amides is 2. The number of carbonyl (C=O) groups excluding carboxylic acids is 1. The van der Waals surface area contributed by atoms with Gasteiger partial charge >= 0.3 is 6.03 Å². The molecule has 2 aliphatic carbocycles. The van der Waals surface area contributed by atoms with Gasteiger partial charge in [-0.3, -0.25) is 0 Å². The summed E-state index contributed by atoms with van der Waals surface area (Å²) in [6.07, 6.45) is 10.9. The lowest BCUT2D eigenvalue weighted by Crippen LogP contribution is -2.59. The quantitative estimate of drug-likeness (QED) is 0.551. The van der Waals surface area contributed by atoms with Gasteiger partial charge in [0.15, 0.2) is 0 Å². The molecule has 0 atom stereocenters. The molecule has 2 saturated carbocycles. The summed E-state index contributed by atoms with van der Waals surface area (Å²) in [4.78, 5) is 12.6. The number of rotatable bonds is 3. The number of hydrogen-bond donors (Lipinski definition) is 3. The number of thiocarbonyl (C=S) groups is 1. The van der Waals surface area contributed by atoms with Crippen LogP contribution in [0, 0.1) is 0 Å². The van der Waals surface area contributed by atoms with Crippen LogP contribution >= 0.6 is 12.2 Å². The van der Waals surface area contributed by atoms with Gasteiger partial charge < -0.3 is 16.4 Å². The summed E-state index contributed by atoms with van der Waals surface area (Å²) >= 11 is 5.22. The van der Waals surface area contributed by atoms with E-state index >= 15 is 0 Å². The minimum atomic E-state index is -0.464. The van der Waals surface area contributed by atoms with Crippen LogP contribution in [-0.4, -0.2) is 22.6 Å². The largest absolute Gasteiger partial charge is 0.391 e. The second-order valence-electron chi connectivity index (χ2n) is 5.94. The third-order valence-corrected chi connectivity index (χ3v) is 4.86. The molecule has 0 saturated heterocycles. The van der Waals surface area contributed by atoms with Gasteiger partial charge in [-0.05, 0) is 25.7 Å².